The molecule has 3 atom stereocenters. The van der Waals surface area contributed by atoms with Crippen molar-refractivity contribution in [1.29, 1.82) is 0 Å². The summed E-state index contributed by atoms with van der Waals surface area (Å²) in [5.74, 6) is -1.58. The number of hydrogen-bond acceptors (Lipinski definition) is 8. The Hall–Kier alpha value is -1.46. The zero-order valence-electron chi connectivity index (χ0n) is 22.0. The first-order chi connectivity index (χ1) is 15.3. The summed E-state index contributed by atoms with van der Waals surface area (Å²) in [5, 5.41) is -0.165. The largest absolute Gasteiger partial charge is 0.481 e. The summed E-state index contributed by atoms with van der Waals surface area (Å²) in [7, 11) is 1.64. The molecule has 1 heterocycles. The third-order valence-corrected chi connectivity index (χ3v) is 10.9. The van der Waals surface area contributed by atoms with Crippen molar-refractivity contribution in [2.75, 3.05) is 28.1 Å². The topological polar surface area (TPSA) is 102 Å². The van der Waals surface area contributed by atoms with Crippen LogP contribution in [0.5, 0.6) is 0 Å². The lowest BCUT2D eigenvalue weighted by Gasteiger charge is -2.50. The molecule has 0 fully saturated rings. The molecule has 1 aliphatic rings. The van der Waals surface area contributed by atoms with Crippen molar-refractivity contribution in [2.45, 2.75) is 96.2 Å². The highest BCUT2D eigenvalue weighted by Crippen LogP contribution is 2.45. The van der Waals surface area contributed by atoms with Gasteiger partial charge in [-0.05, 0) is 37.9 Å². The van der Waals surface area contributed by atoms with Gasteiger partial charge in [0.15, 0.2) is 14.1 Å². The standard InChI is InChI=1S/C23H43NO8Si/c1-11-12-13-14-16-23(5,30-15-27-6)19(32-33(9,10)22(2,3)4)17(21(26)28-7)18(31-16)20(25)24-29-8/h16,19H,11-15H2,1-10H3,(H,24,25)/t16-,19-,23+/m1/s1. The Morgan fingerprint density at radius 2 is 1.79 bits per heavy atom. The predicted molar refractivity (Wildman–Crippen MR) is 127 cm³/mol. The van der Waals surface area contributed by atoms with Gasteiger partial charge in [-0.15, -0.1) is 0 Å². The molecular formula is C23H43NO8Si. The molecule has 1 amide bonds. The lowest BCUT2D eigenvalue weighted by atomic mass is 9.81. The Balaban J connectivity index is 3.76. The summed E-state index contributed by atoms with van der Waals surface area (Å²) in [4.78, 5) is 30.7. The van der Waals surface area contributed by atoms with Crippen LogP contribution in [0.25, 0.3) is 0 Å². The minimum atomic E-state index is -2.45. The second-order valence-electron chi connectivity index (χ2n) is 9.96. The van der Waals surface area contributed by atoms with Gasteiger partial charge in [0.05, 0.1) is 14.2 Å². The molecule has 10 heteroatoms. The summed E-state index contributed by atoms with van der Waals surface area (Å²) in [6.07, 6.45) is 1.98. The van der Waals surface area contributed by atoms with Crippen LogP contribution < -0.4 is 5.48 Å². The van der Waals surface area contributed by atoms with Crippen LogP contribution >= 0.6 is 0 Å². The van der Waals surface area contributed by atoms with Crippen molar-refractivity contribution < 1.29 is 37.8 Å². The maximum Gasteiger partial charge on any atom is 0.340 e. The summed E-state index contributed by atoms with van der Waals surface area (Å²) in [6.45, 7) is 14.4. The van der Waals surface area contributed by atoms with E-state index in [1.54, 1.807) is 0 Å². The van der Waals surface area contributed by atoms with Crippen LogP contribution in [0.15, 0.2) is 11.3 Å². The number of hydrogen-bond donors (Lipinski definition) is 1. The molecule has 9 nitrogen and oxygen atoms in total. The smallest absolute Gasteiger partial charge is 0.340 e. The van der Waals surface area contributed by atoms with Gasteiger partial charge in [0.25, 0.3) is 0 Å². The van der Waals surface area contributed by atoms with E-state index >= 15 is 0 Å². The van der Waals surface area contributed by atoms with Crippen LogP contribution in [-0.2, 0) is 37.8 Å². The average molecular weight is 490 g/mol. The van der Waals surface area contributed by atoms with E-state index in [1.165, 1.54) is 21.3 Å². The minimum Gasteiger partial charge on any atom is -0.481 e. The zero-order valence-corrected chi connectivity index (χ0v) is 23.0. The molecule has 0 unspecified atom stereocenters. The molecule has 0 saturated heterocycles. The predicted octanol–water partition coefficient (Wildman–Crippen LogP) is 3.84. The molecule has 33 heavy (non-hydrogen) atoms. The molecule has 1 N–H and O–H groups in total. The van der Waals surface area contributed by atoms with Crippen molar-refractivity contribution in [3.63, 3.8) is 0 Å². The molecule has 1 aliphatic heterocycles. The Morgan fingerprint density at radius 3 is 2.27 bits per heavy atom. The van der Waals surface area contributed by atoms with E-state index in [1.807, 2.05) is 6.92 Å². The van der Waals surface area contributed by atoms with Gasteiger partial charge in [0.1, 0.15) is 30.2 Å². The maximum atomic E-state index is 13.0. The number of carbonyl (C=O) groups excluding carboxylic acids is 2. The Bertz CT molecular complexity index is 703. The molecule has 0 aliphatic carbocycles. The number of unbranched alkanes of at least 4 members (excludes halogenated alkanes) is 2. The highest BCUT2D eigenvalue weighted by atomic mass is 28.4. The van der Waals surface area contributed by atoms with Gasteiger partial charge in [0.2, 0.25) is 0 Å². The number of rotatable bonds is 12. The Morgan fingerprint density at radius 1 is 1.15 bits per heavy atom. The second kappa shape index (κ2) is 12.3. The maximum absolute atomic E-state index is 13.0. The van der Waals surface area contributed by atoms with Crippen molar-refractivity contribution in [1.82, 2.24) is 5.48 Å². The molecule has 0 aromatic carbocycles. The Kier molecular flexibility index (Phi) is 11.0. The first-order valence-electron chi connectivity index (χ1n) is 11.4. The first-order valence-corrected chi connectivity index (χ1v) is 14.3. The van der Waals surface area contributed by atoms with Gasteiger partial charge in [-0.3, -0.25) is 9.63 Å². The van der Waals surface area contributed by atoms with Gasteiger partial charge in [0, 0.05) is 7.11 Å². The number of nitrogens with one attached hydrogen (secondary N) is 1. The highest BCUT2D eigenvalue weighted by molar-refractivity contribution is 6.74. The summed E-state index contributed by atoms with van der Waals surface area (Å²) in [5.41, 5.74) is 1.12. The lowest BCUT2D eigenvalue weighted by molar-refractivity contribution is -0.218. The van der Waals surface area contributed by atoms with E-state index in [0.29, 0.717) is 6.42 Å². The molecular weight excluding hydrogens is 446 g/mol. The van der Waals surface area contributed by atoms with Gasteiger partial charge < -0.3 is 23.4 Å². The van der Waals surface area contributed by atoms with Gasteiger partial charge in [-0.25, -0.2) is 10.3 Å². The molecule has 0 bridgehead atoms. The molecule has 0 saturated carbocycles. The molecule has 0 spiro atoms. The first kappa shape index (κ1) is 29.6. The lowest BCUT2D eigenvalue weighted by Crippen LogP contribution is -2.62. The van der Waals surface area contributed by atoms with Gasteiger partial charge in [-0.1, -0.05) is 40.5 Å². The fraction of sp³-hybridized carbons (Fsp3) is 0.826. The second-order valence-corrected chi connectivity index (χ2v) is 14.7. The minimum absolute atomic E-state index is 0.0257. The SMILES string of the molecule is CCCCC[C@H]1OC(C(=O)NOC)=C(C(=O)OC)[C@@H](O[Si](C)(C)C(C)(C)C)[C@@]1(C)OCOC. The van der Waals surface area contributed by atoms with E-state index in [0.717, 1.165) is 19.3 Å². The molecule has 0 radical (unpaired) electrons. The van der Waals surface area contributed by atoms with Crippen molar-refractivity contribution in [3.05, 3.63) is 11.3 Å². The van der Waals surface area contributed by atoms with Crippen molar-refractivity contribution in [3.8, 4) is 0 Å². The Labute approximate surface area is 199 Å². The quantitative estimate of drug-likeness (QED) is 0.145. The number of amides is 1. The van der Waals surface area contributed by atoms with E-state index in [4.69, 9.17) is 28.2 Å². The van der Waals surface area contributed by atoms with Crippen molar-refractivity contribution in [2.24, 2.45) is 0 Å². The van der Waals surface area contributed by atoms with Crippen LogP contribution in [0.4, 0.5) is 0 Å². The number of hydroxylamine groups is 1. The average Bonchev–Trinajstić information content (AvgIpc) is 2.73. The fourth-order valence-corrected chi connectivity index (χ4v) is 4.74. The van der Waals surface area contributed by atoms with Crippen molar-refractivity contribution >= 4 is 20.2 Å². The van der Waals surface area contributed by atoms with E-state index in [9.17, 15) is 9.59 Å². The highest BCUT2D eigenvalue weighted by Gasteiger charge is 2.57. The number of ether oxygens (including phenoxy) is 4. The molecule has 192 valence electrons. The van der Waals surface area contributed by atoms with Gasteiger partial charge in [-0.2, -0.15) is 0 Å². The normalized spacial score (nSPS) is 23.8. The van der Waals surface area contributed by atoms with E-state index in [-0.39, 0.29) is 23.2 Å². The fourth-order valence-electron chi connectivity index (χ4n) is 3.45. The van der Waals surface area contributed by atoms with E-state index in [2.05, 4.69) is 46.3 Å². The molecule has 0 aromatic rings. The van der Waals surface area contributed by atoms with Crippen LogP contribution in [0.2, 0.25) is 18.1 Å². The van der Waals surface area contributed by atoms with Crippen LogP contribution in [0, 0.1) is 0 Å². The summed E-state index contributed by atoms with van der Waals surface area (Å²) in [6, 6.07) is 0. The zero-order chi connectivity index (χ0) is 25.4. The van der Waals surface area contributed by atoms with Crippen LogP contribution in [0.3, 0.4) is 0 Å². The van der Waals surface area contributed by atoms with Crippen LogP contribution in [-0.4, -0.2) is 66.1 Å². The number of esters is 1. The third kappa shape index (κ3) is 7.02. The van der Waals surface area contributed by atoms with Gasteiger partial charge >= 0.3 is 11.9 Å². The summed E-state index contributed by atoms with van der Waals surface area (Å²) >= 11 is 0. The number of carbonyl (C=O) groups is 2. The molecule has 0 aromatic heterocycles. The summed E-state index contributed by atoms with van der Waals surface area (Å²) < 4.78 is 29.4. The molecule has 1 rings (SSSR count). The number of methoxy groups -OCH3 is 2. The third-order valence-electron chi connectivity index (χ3n) is 6.51. The van der Waals surface area contributed by atoms with Crippen LogP contribution in [0.1, 0.15) is 60.3 Å². The van der Waals surface area contributed by atoms with E-state index < -0.39 is 38.0 Å². The monoisotopic (exact) mass is 489 g/mol.